The van der Waals surface area contributed by atoms with Crippen molar-refractivity contribution in [2.24, 2.45) is 0 Å². The van der Waals surface area contributed by atoms with Crippen molar-refractivity contribution in [3.63, 3.8) is 0 Å². The van der Waals surface area contributed by atoms with E-state index in [1.165, 1.54) is 0 Å². The highest BCUT2D eigenvalue weighted by atomic mass is 16.7. The van der Waals surface area contributed by atoms with Crippen LogP contribution in [-0.4, -0.2) is 70.4 Å². The Morgan fingerprint density at radius 1 is 1.14 bits per heavy atom. The van der Waals surface area contributed by atoms with Gasteiger partial charge in [0.15, 0.2) is 6.29 Å². The summed E-state index contributed by atoms with van der Waals surface area (Å²) in [6.45, 7) is -0.532. The summed E-state index contributed by atoms with van der Waals surface area (Å²) in [5.74, 6) is 0. The molecule has 14 heavy (non-hydrogen) atoms. The maximum absolute atomic E-state index is 9.28. The lowest BCUT2D eigenvalue weighted by Crippen LogP contribution is -2.59. The molecule has 1 saturated heterocycles. The molecule has 0 aromatic carbocycles. The third-order valence-corrected chi connectivity index (χ3v) is 2.04. The van der Waals surface area contributed by atoms with Crippen LogP contribution in [0.2, 0.25) is 0 Å². The van der Waals surface area contributed by atoms with Gasteiger partial charge in [0.05, 0.1) is 6.61 Å². The van der Waals surface area contributed by atoms with Crippen molar-refractivity contribution < 1.29 is 34.8 Å². The van der Waals surface area contributed by atoms with Gasteiger partial charge in [-0.3, -0.25) is 0 Å². The van der Waals surface area contributed by atoms with Crippen LogP contribution >= 0.6 is 0 Å². The Hall–Kier alpha value is -0.215. The zero-order valence-corrected chi connectivity index (χ0v) is 7.22. The van der Waals surface area contributed by atoms with Crippen molar-refractivity contribution in [3.8, 4) is 0 Å². The molecule has 81 valence electrons. The third-order valence-electron chi connectivity index (χ3n) is 2.04. The fourth-order valence-electron chi connectivity index (χ4n) is 1.24. The Balaban J connectivity index is 2.63. The van der Waals surface area contributed by atoms with E-state index in [9.17, 15) is 15.3 Å². The Labute approximate surface area is 80.8 Å². The normalized spacial score (nSPS) is 43.6. The molecule has 1 fully saturated rings. The average molecular weight is 207 g/mol. The second kappa shape index (κ2) is 5.03. The summed E-state index contributed by atoms with van der Waals surface area (Å²) in [4.78, 5) is 0. The van der Waals surface area contributed by atoms with E-state index in [1.807, 2.05) is 0 Å². The van der Waals surface area contributed by atoms with E-state index in [4.69, 9.17) is 14.9 Å². The van der Waals surface area contributed by atoms with Gasteiger partial charge in [-0.05, 0) is 0 Å². The second-order valence-corrected chi connectivity index (χ2v) is 2.94. The summed E-state index contributed by atoms with van der Waals surface area (Å²) in [6, 6.07) is 0. The molecule has 1 unspecified atom stereocenters. The first-order valence-corrected chi connectivity index (χ1v) is 4.03. The minimum atomic E-state index is -1.49. The Morgan fingerprint density at radius 2 is 1.79 bits per heavy atom. The summed E-state index contributed by atoms with van der Waals surface area (Å²) in [5, 5.41) is 44.9. The van der Waals surface area contributed by atoms with Gasteiger partial charge < -0.3 is 34.8 Å². The number of hydrogen-bond donors (Lipinski definition) is 5. The van der Waals surface area contributed by atoms with Gasteiger partial charge in [-0.25, -0.2) is 0 Å². The van der Waals surface area contributed by atoms with Crippen LogP contribution in [0.4, 0.5) is 0 Å². The van der Waals surface area contributed by atoms with E-state index in [0.717, 1.165) is 0 Å². The third kappa shape index (κ3) is 2.23. The maximum Gasteiger partial charge on any atom is 0.487 e. The molecular weight excluding hydrogens is 195 g/mol. The van der Waals surface area contributed by atoms with E-state index in [1.54, 1.807) is 0 Å². The van der Waals surface area contributed by atoms with E-state index in [2.05, 4.69) is 4.65 Å². The molecule has 0 amide bonds. The molecule has 0 aliphatic carbocycles. The highest BCUT2D eigenvalue weighted by molar-refractivity contribution is 6.15. The predicted octanol–water partition coefficient (Wildman–Crippen LogP) is -3.67. The zero-order chi connectivity index (χ0) is 10.7. The summed E-state index contributed by atoms with van der Waals surface area (Å²) in [6.07, 6.45) is -6.75. The fourth-order valence-corrected chi connectivity index (χ4v) is 1.24. The lowest BCUT2D eigenvalue weighted by atomic mass is 9.99. The summed E-state index contributed by atoms with van der Waals surface area (Å²) >= 11 is 0. The van der Waals surface area contributed by atoms with Crippen LogP contribution in [-0.2, 0) is 9.39 Å². The number of ether oxygens (including phenoxy) is 1. The van der Waals surface area contributed by atoms with Crippen LogP contribution in [0, 0.1) is 0 Å². The van der Waals surface area contributed by atoms with Crippen molar-refractivity contribution in [2.75, 3.05) is 6.61 Å². The zero-order valence-electron chi connectivity index (χ0n) is 7.22. The molecular formula is C6H12BO7. The molecule has 0 bridgehead atoms. The topological polar surface area (TPSA) is 120 Å². The number of hydrogen-bond acceptors (Lipinski definition) is 7. The number of aliphatic hydroxyl groups excluding tert-OH is 4. The van der Waals surface area contributed by atoms with Crippen LogP contribution < -0.4 is 0 Å². The molecule has 1 radical (unpaired) electrons. The van der Waals surface area contributed by atoms with Crippen LogP contribution in [0.15, 0.2) is 0 Å². The Bertz CT molecular complexity index is 176. The minimum absolute atomic E-state index is 0.298. The lowest BCUT2D eigenvalue weighted by molar-refractivity contribution is -0.279. The molecule has 0 spiro atoms. The molecule has 1 aliphatic heterocycles. The first kappa shape index (κ1) is 11.9. The lowest BCUT2D eigenvalue weighted by Gasteiger charge is -2.39. The molecule has 1 aliphatic rings. The largest absolute Gasteiger partial charge is 0.487 e. The minimum Gasteiger partial charge on any atom is -0.429 e. The Morgan fingerprint density at radius 3 is 2.29 bits per heavy atom. The molecule has 8 heteroatoms. The maximum atomic E-state index is 9.28. The first-order valence-electron chi connectivity index (χ1n) is 4.03. The fraction of sp³-hybridized carbons (Fsp3) is 1.00. The average Bonchev–Trinajstić information content (AvgIpc) is 2.19. The molecule has 0 aromatic rings. The van der Waals surface area contributed by atoms with Gasteiger partial charge in [-0.2, -0.15) is 0 Å². The van der Waals surface area contributed by atoms with Crippen molar-refractivity contribution >= 4 is 7.69 Å². The number of rotatable bonds is 3. The van der Waals surface area contributed by atoms with E-state index in [0.29, 0.717) is 7.69 Å². The SMILES string of the molecule is O[B]OC1O[C@H](CO)[C@@H](O)[C@H](O)[C@@H]1O. The monoisotopic (exact) mass is 207 g/mol. The van der Waals surface area contributed by atoms with Crippen LogP contribution in [0.1, 0.15) is 0 Å². The first-order chi connectivity index (χ1) is 6.61. The molecule has 5 N–H and O–H groups in total. The van der Waals surface area contributed by atoms with Crippen molar-refractivity contribution in [1.29, 1.82) is 0 Å². The van der Waals surface area contributed by atoms with Crippen molar-refractivity contribution in [2.45, 2.75) is 30.7 Å². The summed E-state index contributed by atoms with van der Waals surface area (Å²) in [5.41, 5.74) is 0. The Kier molecular flexibility index (Phi) is 4.26. The molecule has 1 heterocycles. The standard InChI is InChI=1S/C6H12BO7/c8-1-2-3(9)4(10)5(11)6(13-2)14-7-12/h2-6,8-12H,1H2/t2-,3-,4+,5+,6?/m1/s1. The van der Waals surface area contributed by atoms with E-state index < -0.39 is 37.3 Å². The smallest absolute Gasteiger partial charge is 0.429 e. The summed E-state index contributed by atoms with van der Waals surface area (Å²) < 4.78 is 9.27. The second-order valence-electron chi connectivity index (χ2n) is 2.94. The van der Waals surface area contributed by atoms with Crippen molar-refractivity contribution in [3.05, 3.63) is 0 Å². The molecule has 0 saturated carbocycles. The van der Waals surface area contributed by atoms with Crippen molar-refractivity contribution in [1.82, 2.24) is 0 Å². The van der Waals surface area contributed by atoms with Gasteiger partial charge in [0.1, 0.15) is 24.4 Å². The number of aliphatic hydroxyl groups is 4. The van der Waals surface area contributed by atoms with Crippen LogP contribution in [0.5, 0.6) is 0 Å². The predicted molar refractivity (Wildman–Crippen MR) is 42.8 cm³/mol. The molecule has 7 nitrogen and oxygen atoms in total. The van der Waals surface area contributed by atoms with Crippen LogP contribution in [0.25, 0.3) is 0 Å². The van der Waals surface area contributed by atoms with Gasteiger partial charge in [0.2, 0.25) is 0 Å². The van der Waals surface area contributed by atoms with Gasteiger partial charge in [0.25, 0.3) is 0 Å². The van der Waals surface area contributed by atoms with E-state index >= 15 is 0 Å². The highest BCUT2D eigenvalue weighted by Gasteiger charge is 2.43. The van der Waals surface area contributed by atoms with Crippen LogP contribution in [0.3, 0.4) is 0 Å². The van der Waals surface area contributed by atoms with Gasteiger partial charge in [-0.1, -0.05) is 0 Å². The van der Waals surface area contributed by atoms with E-state index in [-0.39, 0.29) is 0 Å². The highest BCUT2D eigenvalue weighted by Crippen LogP contribution is 2.21. The summed E-state index contributed by atoms with van der Waals surface area (Å²) in [7, 11) is 0.298. The molecule has 5 atom stereocenters. The van der Waals surface area contributed by atoms with Gasteiger partial charge >= 0.3 is 7.69 Å². The van der Waals surface area contributed by atoms with Gasteiger partial charge in [0, 0.05) is 0 Å². The molecule has 1 rings (SSSR count). The quantitative estimate of drug-likeness (QED) is 0.302. The van der Waals surface area contributed by atoms with Gasteiger partial charge in [-0.15, -0.1) is 0 Å². The molecule has 0 aromatic heterocycles.